The summed E-state index contributed by atoms with van der Waals surface area (Å²) in [6.45, 7) is 6.00. The summed E-state index contributed by atoms with van der Waals surface area (Å²) in [6, 6.07) is 8.06. The van der Waals surface area contributed by atoms with Gasteiger partial charge in [-0.25, -0.2) is 0 Å². The van der Waals surface area contributed by atoms with Gasteiger partial charge in [0.2, 0.25) is 0 Å². The molecule has 0 aliphatic heterocycles. The van der Waals surface area contributed by atoms with Gasteiger partial charge in [-0.1, -0.05) is 11.2 Å². The number of nitrogens with zero attached hydrogens (tertiary/aromatic N) is 4. The van der Waals surface area contributed by atoms with E-state index < -0.39 is 0 Å². The second-order valence-electron chi connectivity index (χ2n) is 4.74. The lowest BCUT2D eigenvalue weighted by atomic mass is 10.2. The number of aromatic nitrogens is 2. The van der Waals surface area contributed by atoms with Gasteiger partial charge in [-0.2, -0.15) is 5.26 Å². The molecule has 0 fully saturated rings. The van der Waals surface area contributed by atoms with Crippen LogP contribution in [0.2, 0.25) is 0 Å². The van der Waals surface area contributed by atoms with Crippen LogP contribution in [0.5, 0.6) is 0 Å². The van der Waals surface area contributed by atoms with Crippen LogP contribution in [0.3, 0.4) is 0 Å². The zero-order valence-electron chi connectivity index (χ0n) is 11.8. The Morgan fingerprint density at radius 3 is 2.75 bits per heavy atom. The third-order valence-electron chi connectivity index (χ3n) is 3.21. The highest BCUT2D eigenvalue weighted by atomic mass is 16.5. The first-order chi connectivity index (χ1) is 9.70. The van der Waals surface area contributed by atoms with Gasteiger partial charge >= 0.3 is 0 Å². The summed E-state index contributed by atoms with van der Waals surface area (Å²) in [5.41, 5.74) is 3.00. The maximum Gasteiger partial charge on any atom is 0.138 e. The maximum absolute atomic E-state index is 8.79. The lowest BCUT2D eigenvalue weighted by molar-refractivity contribution is 0.257. The van der Waals surface area contributed by atoms with Gasteiger partial charge in [-0.3, -0.25) is 9.88 Å². The number of rotatable bonds is 6. The fraction of sp³-hybridized carbons (Fsp3) is 0.400. The molecular weight excluding hydrogens is 252 g/mol. The van der Waals surface area contributed by atoms with Crippen molar-refractivity contribution in [2.75, 3.05) is 6.54 Å². The molecule has 0 radical (unpaired) electrons. The summed E-state index contributed by atoms with van der Waals surface area (Å²) in [4.78, 5) is 6.53. The molecule has 20 heavy (non-hydrogen) atoms. The molecule has 5 heteroatoms. The predicted molar refractivity (Wildman–Crippen MR) is 74.6 cm³/mol. The van der Waals surface area contributed by atoms with Crippen LogP contribution in [-0.2, 0) is 13.1 Å². The molecule has 2 aromatic heterocycles. The summed E-state index contributed by atoms with van der Waals surface area (Å²) in [7, 11) is 0. The Kier molecular flexibility index (Phi) is 4.85. The van der Waals surface area contributed by atoms with Crippen LogP contribution in [0.25, 0.3) is 0 Å². The molecule has 0 spiro atoms. The average molecular weight is 270 g/mol. The SMILES string of the molecule is Cc1noc(C)c1CN(CCC#N)Cc1ccccn1. The minimum atomic E-state index is 0.496. The molecule has 0 atom stereocenters. The van der Waals surface area contributed by atoms with Gasteiger partial charge in [0.15, 0.2) is 0 Å². The van der Waals surface area contributed by atoms with Crippen molar-refractivity contribution in [3.8, 4) is 6.07 Å². The third kappa shape index (κ3) is 3.65. The summed E-state index contributed by atoms with van der Waals surface area (Å²) < 4.78 is 5.19. The zero-order valence-corrected chi connectivity index (χ0v) is 11.8. The smallest absolute Gasteiger partial charge is 0.138 e. The summed E-state index contributed by atoms with van der Waals surface area (Å²) in [5, 5.41) is 12.8. The van der Waals surface area contributed by atoms with Crippen LogP contribution < -0.4 is 0 Å². The zero-order chi connectivity index (χ0) is 14.4. The molecule has 0 amide bonds. The average Bonchev–Trinajstić information content (AvgIpc) is 2.77. The first kappa shape index (κ1) is 14.2. The van der Waals surface area contributed by atoms with E-state index in [1.165, 1.54) is 0 Å². The van der Waals surface area contributed by atoms with E-state index in [0.29, 0.717) is 19.5 Å². The molecule has 0 N–H and O–H groups in total. The molecule has 2 rings (SSSR count). The van der Waals surface area contributed by atoms with Crippen molar-refractivity contribution in [2.45, 2.75) is 33.4 Å². The molecule has 0 saturated heterocycles. The molecule has 5 nitrogen and oxygen atoms in total. The molecule has 0 aliphatic rings. The van der Waals surface area contributed by atoms with Gasteiger partial charge in [0, 0.05) is 37.8 Å². The fourth-order valence-electron chi connectivity index (χ4n) is 2.09. The van der Waals surface area contributed by atoms with Gasteiger partial charge in [-0.05, 0) is 26.0 Å². The number of pyridine rings is 1. The Balaban J connectivity index is 2.10. The van der Waals surface area contributed by atoms with Crippen LogP contribution in [0.15, 0.2) is 28.9 Å². The highest BCUT2D eigenvalue weighted by Crippen LogP contribution is 2.16. The van der Waals surface area contributed by atoms with Crippen molar-refractivity contribution in [1.29, 1.82) is 5.26 Å². The van der Waals surface area contributed by atoms with Crippen LogP contribution in [0.1, 0.15) is 29.1 Å². The van der Waals surface area contributed by atoms with E-state index in [1.807, 2.05) is 32.0 Å². The number of hydrogen-bond acceptors (Lipinski definition) is 5. The van der Waals surface area contributed by atoms with Crippen molar-refractivity contribution in [2.24, 2.45) is 0 Å². The predicted octanol–water partition coefficient (Wildman–Crippen LogP) is 2.60. The van der Waals surface area contributed by atoms with Crippen LogP contribution in [-0.4, -0.2) is 21.6 Å². The monoisotopic (exact) mass is 270 g/mol. The Morgan fingerprint density at radius 2 is 2.15 bits per heavy atom. The topological polar surface area (TPSA) is 66.0 Å². The van der Waals surface area contributed by atoms with Gasteiger partial charge in [0.05, 0.1) is 17.5 Å². The molecule has 0 saturated carbocycles. The molecule has 0 bridgehead atoms. The normalized spacial score (nSPS) is 10.7. The van der Waals surface area contributed by atoms with Crippen LogP contribution >= 0.6 is 0 Å². The lowest BCUT2D eigenvalue weighted by Gasteiger charge is -2.20. The first-order valence-corrected chi connectivity index (χ1v) is 6.61. The van der Waals surface area contributed by atoms with Crippen molar-refractivity contribution in [1.82, 2.24) is 15.0 Å². The lowest BCUT2D eigenvalue weighted by Crippen LogP contribution is -2.24. The highest BCUT2D eigenvalue weighted by molar-refractivity contribution is 5.20. The van der Waals surface area contributed by atoms with Crippen molar-refractivity contribution in [3.63, 3.8) is 0 Å². The molecular formula is C15H18N4O. The maximum atomic E-state index is 8.79. The molecule has 104 valence electrons. The third-order valence-corrected chi connectivity index (χ3v) is 3.21. The van der Waals surface area contributed by atoms with Crippen LogP contribution in [0, 0.1) is 25.2 Å². The summed E-state index contributed by atoms with van der Waals surface area (Å²) >= 11 is 0. The quantitative estimate of drug-likeness (QED) is 0.807. The van der Waals surface area contributed by atoms with E-state index in [-0.39, 0.29) is 0 Å². The Labute approximate surface area is 118 Å². The first-order valence-electron chi connectivity index (χ1n) is 6.61. The molecule has 0 aromatic carbocycles. The van der Waals surface area contributed by atoms with Crippen molar-refractivity contribution in [3.05, 3.63) is 47.1 Å². The van der Waals surface area contributed by atoms with E-state index in [9.17, 15) is 0 Å². The van der Waals surface area contributed by atoms with E-state index in [0.717, 1.165) is 29.3 Å². The van der Waals surface area contributed by atoms with Gasteiger partial charge < -0.3 is 4.52 Å². The Morgan fingerprint density at radius 1 is 1.30 bits per heavy atom. The van der Waals surface area contributed by atoms with Gasteiger partial charge in [0.25, 0.3) is 0 Å². The molecule has 0 unspecified atom stereocenters. The van der Waals surface area contributed by atoms with E-state index in [1.54, 1.807) is 6.20 Å². The van der Waals surface area contributed by atoms with Crippen LogP contribution in [0.4, 0.5) is 0 Å². The Bertz CT molecular complexity index is 566. The van der Waals surface area contributed by atoms with Gasteiger partial charge in [0.1, 0.15) is 5.76 Å². The largest absolute Gasteiger partial charge is 0.361 e. The minimum Gasteiger partial charge on any atom is -0.361 e. The van der Waals surface area contributed by atoms with Crippen molar-refractivity contribution < 1.29 is 4.52 Å². The standard InChI is InChI=1S/C15H18N4O/c1-12-15(13(2)20-18-12)11-19(9-5-7-16)10-14-6-3-4-8-17-14/h3-4,6,8H,5,9-11H2,1-2H3. The molecule has 0 aliphatic carbocycles. The van der Waals surface area contributed by atoms with E-state index in [4.69, 9.17) is 9.78 Å². The number of hydrogen-bond donors (Lipinski definition) is 0. The summed E-state index contributed by atoms with van der Waals surface area (Å²) in [6.07, 6.45) is 2.28. The minimum absolute atomic E-state index is 0.496. The molecule has 2 heterocycles. The van der Waals surface area contributed by atoms with Gasteiger partial charge in [-0.15, -0.1) is 0 Å². The van der Waals surface area contributed by atoms with Crippen molar-refractivity contribution >= 4 is 0 Å². The van der Waals surface area contributed by atoms with E-state index >= 15 is 0 Å². The summed E-state index contributed by atoms with van der Waals surface area (Å²) in [5.74, 6) is 0.838. The highest BCUT2D eigenvalue weighted by Gasteiger charge is 2.14. The number of aryl methyl sites for hydroxylation is 2. The number of nitriles is 1. The fourth-order valence-corrected chi connectivity index (χ4v) is 2.09. The van der Waals surface area contributed by atoms with E-state index in [2.05, 4.69) is 21.1 Å². The molecule has 2 aromatic rings. The second-order valence-corrected chi connectivity index (χ2v) is 4.74. The Hall–Kier alpha value is -2.19. The second kappa shape index (κ2) is 6.83.